The van der Waals surface area contributed by atoms with Crippen molar-refractivity contribution in [2.24, 2.45) is 5.73 Å². The highest BCUT2D eigenvalue weighted by Crippen LogP contribution is 2.11. The van der Waals surface area contributed by atoms with E-state index in [4.69, 9.17) is 21.0 Å². The van der Waals surface area contributed by atoms with Gasteiger partial charge in [0.1, 0.15) is 0 Å². The summed E-state index contributed by atoms with van der Waals surface area (Å²) in [6.07, 6.45) is 15.8. The van der Waals surface area contributed by atoms with Gasteiger partial charge in [0.25, 0.3) is 5.97 Å². The third-order valence-corrected chi connectivity index (χ3v) is 4.00. The standard InChI is InChI=1S/C18H38N4O.C2H4O2/c1-2-3-4-5-6-7-8-9-10-11-12-14-17(23)21-15-13-16-22-18(19)20;1-2(3)4/h2-16H2,1H3,(H,21,23)(H4,19,20,22);1H3,(H,3,4). The lowest BCUT2D eigenvalue weighted by molar-refractivity contribution is -0.134. The van der Waals surface area contributed by atoms with E-state index < -0.39 is 5.97 Å². The van der Waals surface area contributed by atoms with Gasteiger partial charge in [-0.05, 0) is 12.8 Å². The lowest BCUT2D eigenvalue weighted by Crippen LogP contribution is -2.33. The molecule has 0 saturated carbocycles. The Morgan fingerprint density at radius 3 is 1.67 bits per heavy atom. The fourth-order valence-corrected chi connectivity index (χ4v) is 2.58. The van der Waals surface area contributed by atoms with E-state index in [2.05, 4.69) is 17.6 Å². The van der Waals surface area contributed by atoms with Crippen LogP contribution < -0.4 is 16.4 Å². The number of hydrogen-bond acceptors (Lipinski definition) is 3. The summed E-state index contributed by atoms with van der Waals surface area (Å²) in [6.45, 7) is 4.62. The second-order valence-electron chi connectivity index (χ2n) is 6.85. The van der Waals surface area contributed by atoms with Crippen LogP contribution in [0.1, 0.15) is 97.3 Å². The van der Waals surface area contributed by atoms with Gasteiger partial charge in [-0.1, -0.05) is 71.1 Å². The number of rotatable bonds is 16. The Labute approximate surface area is 165 Å². The molecule has 0 aliphatic rings. The SMILES string of the molecule is CC(=O)O.CCCCCCCCCCCCCC(=O)NCCCNC(=N)N. The van der Waals surface area contributed by atoms with Crippen LogP contribution >= 0.6 is 0 Å². The maximum Gasteiger partial charge on any atom is 0.300 e. The van der Waals surface area contributed by atoms with Crippen LogP contribution in [0.5, 0.6) is 0 Å². The molecule has 0 aliphatic carbocycles. The minimum absolute atomic E-state index is 0.0164. The molecular weight excluding hydrogens is 344 g/mol. The monoisotopic (exact) mass is 386 g/mol. The van der Waals surface area contributed by atoms with Crippen LogP contribution in [0.2, 0.25) is 0 Å². The van der Waals surface area contributed by atoms with Crippen LogP contribution in [0.25, 0.3) is 0 Å². The molecule has 0 aliphatic heterocycles. The molecule has 7 heteroatoms. The van der Waals surface area contributed by atoms with E-state index in [1.54, 1.807) is 0 Å². The number of nitrogens with two attached hydrogens (primary N) is 1. The Balaban J connectivity index is 0. The molecule has 27 heavy (non-hydrogen) atoms. The molecule has 7 nitrogen and oxygen atoms in total. The van der Waals surface area contributed by atoms with E-state index in [1.165, 1.54) is 57.8 Å². The molecule has 0 aromatic heterocycles. The summed E-state index contributed by atoms with van der Waals surface area (Å²) >= 11 is 0. The average molecular weight is 387 g/mol. The highest BCUT2D eigenvalue weighted by Gasteiger charge is 2.00. The van der Waals surface area contributed by atoms with Gasteiger partial charge in [-0.2, -0.15) is 0 Å². The van der Waals surface area contributed by atoms with Crippen LogP contribution in [0.4, 0.5) is 0 Å². The second kappa shape index (κ2) is 22.3. The van der Waals surface area contributed by atoms with Gasteiger partial charge in [0.05, 0.1) is 0 Å². The Morgan fingerprint density at radius 1 is 0.815 bits per heavy atom. The zero-order valence-electron chi connectivity index (χ0n) is 17.4. The number of carboxylic acids is 1. The van der Waals surface area contributed by atoms with E-state index in [1.807, 2.05) is 0 Å². The fraction of sp³-hybridized carbons (Fsp3) is 0.850. The predicted molar refractivity (Wildman–Crippen MR) is 112 cm³/mol. The summed E-state index contributed by atoms with van der Waals surface area (Å²) in [7, 11) is 0. The summed E-state index contributed by atoms with van der Waals surface area (Å²) in [5, 5.41) is 20.0. The van der Waals surface area contributed by atoms with Gasteiger partial charge in [0.2, 0.25) is 5.91 Å². The van der Waals surface area contributed by atoms with Crippen LogP contribution in [-0.2, 0) is 9.59 Å². The van der Waals surface area contributed by atoms with Crippen molar-refractivity contribution < 1.29 is 14.7 Å². The number of carboxylic acid groups (broad SMARTS) is 1. The van der Waals surface area contributed by atoms with Crippen molar-refractivity contribution >= 4 is 17.8 Å². The molecule has 0 rings (SSSR count). The van der Waals surface area contributed by atoms with Gasteiger partial charge in [-0.3, -0.25) is 15.0 Å². The van der Waals surface area contributed by atoms with Gasteiger partial charge in [-0.25, -0.2) is 0 Å². The van der Waals surface area contributed by atoms with Gasteiger partial charge in [0.15, 0.2) is 5.96 Å². The molecule has 1 amide bonds. The molecule has 0 heterocycles. The number of carbonyl (C=O) groups is 2. The maximum atomic E-state index is 11.6. The Hall–Kier alpha value is -1.79. The van der Waals surface area contributed by atoms with Crippen molar-refractivity contribution in [1.82, 2.24) is 10.6 Å². The summed E-state index contributed by atoms with van der Waals surface area (Å²) in [5.41, 5.74) is 5.17. The largest absolute Gasteiger partial charge is 0.481 e. The van der Waals surface area contributed by atoms with E-state index >= 15 is 0 Å². The first-order valence-electron chi connectivity index (χ1n) is 10.4. The molecule has 0 saturated heterocycles. The maximum absolute atomic E-state index is 11.6. The molecule has 0 radical (unpaired) electrons. The molecule has 160 valence electrons. The molecule has 0 aromatic carbocycles. The number of aliphatic carboxylic acids is 1. The summed E-state index contributed by atoms with van der Waals surface area (Å²) < 4.78 is 0. The minimum Gasteiger partial charge on any atom is -0.481 e. The minimum atomic E-state index is -0.833. The molecule has 0 unspecified atom stereocenters. The smallest absolute Gasteiger partial charge is 0.300 e. The highest BCUT2D eigenvalue weighted by molar-refractivity contribution is 5.75. The van der Waals surface area contributed by atoms with Crippen molar-refractivity contribution in [1.29, 1.82) is 5.41 Å². The third-order valence-electron chi connectivity index (χ3n) is 4.00. The summed E-state index contributed by atoms with van der Waals surface area (Å²) in [5.74, 6) is -0.707. The number of amides is 1. The van der Waals surface area contributed by atoms with Crippen molar-refractivity contribution in [3.8, 4) is 0 Å². The number of carbonyl (C=O) groups excluding carboxylic acids is 1. The Kier molecular flexibility index (Phi) is 22.6. The molecular formula is C20H42N4O3. The lowest BCUT2D eigenvalue weighted by Gasteiger charge is -2.06. The summed E-state index contributed by atoms with van der Waals surface area (Å²) in [4.78, 5) is 20.6. The quantitative estimate of drug-likeness (QED) is 0.157. The molecule has 0 bridgehead atoms. The van der Waals surface area contributed by atoms with E-state index in [9.17, 15) is 4.79 Å². The predicted octanol–water partition coefficient (Wildman–Crippen LogP) is 3.77. The first-order chi connectivity index (χ1) is 12.9. The first kappa shape index (κ1) is 27.4. The van der Waals surface area contributed by atoms with Crippen LogP contribution in [0.15, 0.2) is 0 Å². The van der Waals surface area contributed by atoms with Crippen molar-refractivity contribution in [2.45, 2.75) is 97.3 Å². The summed E-state index contributed by atoms with van der Waals surface area (Å²) in [6, 6.07) is 0. The van der Waals surface area contributed by atoms with E-state index in [-0.39, 0.29) is 11.9 Å². The number of unbranched alkanes of at least 4 members (excludes halogenated alkanes) is 10. The number of guanidine groups is 1. The van der Waals surface area contributed by atoms with Crippen molar-refractivity contribution in [2.75, 3.05) is 13.1 Å². The lowest BCUT2D eigenvalue weighted by atomic mass is 10.1. The number of nitrogens with one attached hydrogen (secondary N) is 3. The van der Waals surface area contributed by atoms with E-state index in [0.717, 1.165) is 26.2 Å². The zero-order chi connectivity index (χ0) is 20.8. The molecule has 0 aromatic rings. The molecule has 0 spiro atoms. The Morgan fingerprint density at radius 2 is 1.22 bits per heavy atom. The van der Waals surface area contributed by atoms with Crippen molar-refractivity contribution in [3.05, 3.63) is 0 Å². The first-order valence-corrected chi connectivity index (χ1v) is 10.4. The van der Waals surface area contributed by atoms with Crippen LogP contribution in [-0.4, -0.2) is 36.0 Å². The second-order valence-corrected chi connectivity index (χ2v) is 6.85. The van der Waals surface area contributed by atoms with Crippen LogP contribution in [0.3, 0.4) is 0 Å². The van der Waals surface area contributed by atoms with E-state index in [0.29, 0.717) is 19.5 Å². The van der Waals surface area contributed by atoms with Gasteiger partial charge in [-0.15, -0.1) is 0 Å². The van der Waals surface area contributed by atoms with Crippen LogP contribution in [0, 0.1) is 5.41 Å². The Bertz CT molecular complexity index is 372. The van der Waals surface area contributed by atoms with Crippen molar-refractivity contribution in [3.63, 3.8) is 0 Å². The average Bonchev–Trinajstić information content (AvgIpc) is 2.58. The fourth-order valence-electron chi connectivity index (χ4n) is 2.58. The normalized spacial score (nSPS) is 9.85. The third kappa shape index (κ3) is 32.4. The van der Waals surface area contributed by atoms with Gasteiger partial charge < -0.3 is 21.5 Å². The molecule has 6 N–H and O–H groups in total. The van der Waals surface area contributed by atoms with Gasteiger partial charge in [0, 0.05) is 26.4 Å². The highest BCUT2D eigenvalue weighted by atomic mass is 16.4. The number of hydrogen-bond donors (Lipinski definition) is 5. The molecule has 0 fully saturated rings. The molecule has 0 atom stereocenters. The topological polar surface area (TPSA) is 128 Å². The zero-order valence-corrected chi connectivity index (χ0v) is 17.4. The van der Waals surface area contributed by atoms with Gasteiger partial charge >= 0.3 is 0 Å².